The van der Waals surface area contributed by atoms with Gasteiger partial charge in [-0.3, -0.25) is 14.4 Å². The van der Waals surface area contributed by atoms with Gasteiger partial charge in [-0.25, -0.2) is 0 Å². The van der Waals surface area contributed by atoms with Crippen molar-refractivity contribution in [2.24, 2.45) is 11.8 Å². The molecule has 0 spiro atoms. The molecule has 0 heterocycles. The molecule has 2 rings (SSSR count). The lowest BCUT2D eigenvalue weighted by Crippen LogP contribution is -2.31. The average Bonchev–Trinajstić information content (AvgIpc) is 2.55. The van der Waals surface area contributed by atoms with Crippen LogP contribution in [-0.4, -0.2) is 41.9 Å². The Bertz CT molecular complexity index is 654. The molecule has 1 aromatic carbocycles. The van der Waals surface area contributed by atoms with Crippen LogP contribution in [0.2, 0.25) is 0 Å². The van der Waals surface area contributed by atoms with E-state index in [4.69, 9.17) is 5.11 Å². The highest BCUT2D eigenvalue weighted by molar-refractivity contribution is 5.98. The summed E-state index contributed by atoms with van der Waals surface area (Å²) in [6.07, 6.45) is 2.44. The number of anilines is 1. The third kappa shape index (κ3) is 4.13. The maximum Gasteiger partial charge on any atom is 0.306 e. The summed E-state index contributed by atoms with van der Waals surface area (Å²) in [5, 5.41) is 12.0. The fourth-order valence-corrected chi connectivity index (χ4v) is 3.07. The number of amides is 2. The molecule has 2 amide bonds. The van der Waals surface area contributed by atoms with Crippen LogP contribution in [-0.2, 0) is 9.59 Å². The molecule has 0 aromatic heterocycles. The Balaban J connectivity index is 2.10. The zero-order valence-electron chi connectivity index (χ0n) is 14.3. The minimum atomic E-state index is -0.832. The molecule has 1 saturated carbocycles. The molecule has 2 unspecified atom stereocenters. The molecule has 130 valence electrons. The summed E-state index contributed by atoms with van der Waals surface area (Å²) < 4.78 is 0. The smallest absolute Gasteiger partial charge is 0.306 e. The number of rotatable bonds is 4. The normalized spacial score (nSPS) is 20.3. The van der Waals surface area contributed by atoms with Crippen molar-refractivity contribution in [3.63, 3.8) is 0 Å². The fraction of sp³-hybridized carbons (Fsp3) is 0.500. The van der Waals surface area contributed by atoms with Gasteiger partial charge in [-0.15, -0.1) is 0 Å². The third-order valence-corrected chi connectivity index (χ3v) is 4.54. The number of benzene rings is 1. The van der Waals surface area contributed by atoms with Crippen molar-refractivity contribution in [1.82, 2.24) is 4.90 Å². The molecule has 2 atom stereocenters. The lowest BCUT2D eigenvalue weighted by molar-refractivity contribution is -0.143. The van der Waals surface area contributed by atoms with Crippen LogP contribution in [0.3, 0.4) is 0 Å². The minimum Gasteiger partial charge on any atom is -0.481 e. The summed E-state index contributed by atoms with van der Waals surface area (Å²) in [6, 6.07) is 5.23. The lowest BCUT2D eigenvalue weighted by atomic mass is 9.81. The molecule has 1 aliphatic carbocycles. The molecule has 2 N–H and O–H groups in total. The number of carboxylic acids is 1. The van der Waals surface area contributed by atoms with Crippen LogP contribution in [0, 0.1) is 18.8 Å². The number of hydrogen-bond donors (Lipinski definition) is 2. The van der Waals surface area contributed by atoms with Gasteiger partial charge in [0.15, 0.2) is 0 Å². The molecule has 6 heteroatoms. The summed E-state index contributed by atoms with van der Waals surface area (Å²) in [6.45, 7) is 1.85. The number of aliphatic carboxylic acids is 1. The number of nitrogens with one attached hydrogen (secondary N) is 1. The van der Waals surface area contributed by atoms with E-state index >= 15 is 0 Å². The van der Waals surface area contributed by atoms with Gasteiger partial charge in [-0.2, -0.15) is 0 Å². The number of aryl methyl sites for hydroxylation is 1. The molecular formula is C18H24N2O4. The van der Waals surface area contributed by atoms with Gasteiger partial charge in [0.2, 0.25) is 5.91 Å². The van der Waals surface area contributed by atoms with Crippen molar-refractivity contribution in [3.05, 3.63) is 29.3 Å². The predicted molar refractivity (Wildman–Crippen MR) is 90.9 cm³/mol. The van der Waals surface area contributed by atoms with Crippen molar-refractivity contribution in [2.45, 2.75) is 32.6 Å². The summed E-state index contributed by atoms with van der Waals surface area (Å²) in [5.74, 6) is -1.87. The van der Waals surface area contributed by atoms with Gasteiger partial charge in [-0.1, -0.05) is 12.5 Å². The summed E-state index contributed by atoms with van der Waals surface area (Å²) in [7, 11) is 3.36. The second-order valence-electron chi connectivity index (χ2n) is 6.62. The van der Waals surface area contributed by atoms with Crippen LogP contribution >= 0.6 is 0 Å². The van der Waals surface area contributed by atoms with E-state index in [1.165, 1.54) is 4.90 Å². The van der Waals surface area contributed by atoms with Gasteiger partial charge in [0.25, 0.3) is 5.91 Å². The van der Waals surface area contributed by atoms with E-state index in [1.807, 2.05) is 6.92 Å². The Kier molecular flexibility index (Phi) is 5.59. The van der Waals surface area contributed by atoms with Gasteiger partial charge in [0, 0.05) is 31.3 Å². The van der Waals surface area contributed by atoms with Crippen LogP contribution in [0.25, 0.3) is 0 Å². The van der Waals surface area contributed by atoms with E-state index < -0.39 is 11.9 Å². The van der Waals surface area contributed by atoms with Crippen molar-refractivity contribution in [2.75, 3.05) is 19.4 Å². The van der Waals surface area contributed by atoms with Crippen LogP contribution in [0.5, 0.6) is 0 Å². The molecule has 0 saturated heterocycles. The molecule has 1 aromatic rings. The number of nitrogens with zero attached hydrogens (tertiary/aromatic N) is 1. The van der Waals surface area contributed by atoms with E-state index in [0.29, 0.717) is 30.5 Å². The van der Waals surface area contributed by atoms with Crippen LogP contribution in [0.15, 0.2) is 18.2 Å². The molecule has 1 fully saturated rings. The fourth-order valence-electron chi connectivity index (χ4n) is 3.07. The van der Waals surface area contributed by atoms with Gasteiger partial charge in [0.05, 0.1) is 5.92 Å². The highest BCUT2D eigenvalue weighted by atomic mass is 16.4. The molecule has 6 nitrogen and oxygen atoms in total. The molecule has 0 bridgehead atoms. The molecule has 24 heavy (non-hydrogen) atoms. The Morgan fingerprint density at radius 2 is 1.83 bits per heavy atom. The first-order valence-corrected chi connectivity index (χ1v) is 8.15. The monoisotopic (exact) mass is 332 g/mol. The van der Waals surface area contributed by atoms with Crippen molar-refractivity contribution in [3.8, 4) is 0 Å². The molecule has 0 radical (unpaired) electrons. The van der Waals surface area contributed by atoms with E-state index in [2.05, 4.69) is 5.32 Å². The first kappa shape index (κ1) is 18.0. The lowest BCUT2D eigenvalue weighted by Gasteiger charge is -2.25. The first-order chi connectivity index (χ1) is 11.3. The quantitative estimate of drug-likeness (QED) is 0.887. The Hall–Kier alpha value is -2.37. The Morgan fingerprint density at radius 1 is 1.17 bits per heavy atom. The highest BCUT2D eigenvalue weighted by Gasteiger charge is 2.31. The predicted octanol–water partition coefficient (Wildman–Crippen LogP) is 2.53. The van der Waals surface area contributed by atoms with Gasteiger partial charge >= 0.3 is 5.97 Å². The van der Waals surface area contributed by atoms with Gasteiger partial charge in [0.1, 0.15) is 0 Å². The van der Waals surface area contributed by atoms with E-state index in [0.717, 1.165) is 12.0 Å². The number of carbonyl (C=O) groups is 3. The third-order valence-electron chi connectivity index (χ3n) is 4.54. The Labute approximate surface area is 141 Å². The minimum absolute atomic E-state index is 0.118. The SMILES string of the molecule is Cc1ccc(NC(=O)C2CCCC(C(=O)O)C2)cc1C(=O)N(C)C. The van der Waals surface area contributed by atoms with Crippen molar-refractivity contribution >= 4 is 23.5 Å². The van der Waals surface area contributed by atoms with Crippen LogP contribution in [0.1, 0.15) is 41.6 Å². The zero-order chi connectivity index (χ0) is 17.9. The standard InChI is InChI=1S/C18H24N2O4/c1-11-7-8-14(10-15(11)17(22)20(2)3)19-16(21)12-5-4-6-13(9-12)18(23)24/h7-8,10,12-13H,4-6,9H2,1-3H3,(H,19,21)(H,23,24). The van der Waals surface area contributed by atoms with Crippen molar-refractivity contribution in [1.29, 1.82) is 0 Å². The topological polar surface area (TPSA) is 86.7 Å². The highest BCUT2D eigenvalue weighted by Crippen LogP contribution is 2.30. The van der Waals surface area contributed by atoms with Gasteiger partial charge in [-0.05, 0) is 43.9 Å². The van der Waals surface area contributed by atoms with Gasteiger partial charge < -0.3 is 15.3 Å². The average molecular weight is 332 g/mol. The Morgan fingerprint density at radius 3 is 2.46 bits per heavy atom. The van der Waals surface area contributed by atoms with E-state index in [-0.39, 0.29) is 17.7 Å². The largest absolute Gasteiger partial charge is 0.481 e. The number of hydrogen-bond acceptors (Lipinski definition) is 3. The molecule has 0 aliphatic heterocycles. The second-order valence-corrected chi connectivity index (χ2v) is 6.62. The molecule has 1 aliphatic rings. The van der Waals surface area contributed by atoms with Crippen LogP contribution in [0.4, 0.5) is 5.69 Å². The van der Waals surface area contributed by atoms with Crippen LogP contribution < -0.4 is 5.32 Å². The van der Waals surface area contributed by atoms with E-state index in [9.17, 15) is 14.4 Å². The zero-order valence-corrected chi connectivity index (χ0v) is 14.3. The summed E-state index contributed by atoms with van der Waals surface area (Å²) in [4.78, 5) is 37.2. The second kappa shape index (κ2) is 7.47. The number of carbonyl (C=O) groups excluding carboxylic acids is 2. The summed E-state index contributed by atoms with van der Waals surface area (Å²) >= 11 is 0. The van der Waals surface area contributed by atoms with E-state index in [1.54, 1.807) is 32.3 Å². The first-order valence-electron chi connectivity index (χ1n) is 8.15. The van der Waals surface area contributed by atoms with Crippen molar-refractivity contribution < 1.29 is 19.5 Å². The summed E-state index contributed by atoms with van der Waals surface area (Å²) in [5.41, 5.74) is 1.95. The molecular weight excluding hydrogens is 308 g/mol. The number of carboxylic acid groups (broad SMARTS) is 1. The maximum atomic E-state index is 12.4. The maximum absolute atomic E-state index is 12.4.